The molecule has 1 N–H and O–H groups in total. The Hall–Kier alpha value is -0.900. The Bertz CT molecular complexity index is 494. The highest BCUT2D eigenvalue weighted by Gasteiger charge is 2.27. The molecule has 80 valence electrons. The van der Waals surface area contributed by atoms with E-state index in [0.29, 0.717) is 0 Å². The number of nitriles is 1. The first-order valence-electron chi connectivity index (χ1n) is 4.63. The molecule has 0 aromatic carbocycles. The molecule has 6 heteroatoms. The van der Waals surface area contributed by atoms with Crippen molar-refractivity contribution >= 4 is 21.4 Å². The first-order valence-corrected chi connectivity index (χ1v) is 7.00. The van der Waals surface area contributed by atoms with E-state index in [9.17, 15) is 8.42 Å². The summed E-state index contributed by atoms with van der Waals surface area (Å²) in [6.07, 6.45) is 2.86. The third-order valence-corrected chi connectivity index (χ3v) is 5.43. The lowest BCUT2D eigenvalue weighted by atomic mass is 9.94. The number of thiophene rings is 1. The molecule has 1 heterocycles. The molecule has 1 fully saturated rings. The number of sulfonamides is 1. The highest BCUT2D eigenvalue weighted by atomic mass is 32.2. The Kier molecular flexibility index (Phi) is 2.78. The smallest absolute Gasteiger partial charge is 0.207 e. The second kappa shape index (κ2) is 3.93. The summed E-state index contributed by atoms with van der Waals surface area (Å²) >= 11 is 1.08. The van der Waals surface area contributed by atoms with Crippen molar-refractivity contribution in [2.45, 2.75) is 29.5 Å². The molecule has 2 rings (SSSR count). The first kappa shape index (κ1) is 10.6. The Balaban J connectivity index is 2.25. The van der Waals surface area contributed by atoms with Crippen molar-refractivity contribution in [2.75, 3.05) is 0 Å². The Morgan fingerprint density at radius 3 is 2.80 bits per heavy atom. The summed E-state index contributed by atoms with van der Waals surface area (Å²) in [4.78, 5) is 0. The van der Waals surface area contributed by atoms with E-state index < -0.39 is 10.0 Å². The molecule has 4 nitrogen and oxygen atoms in total. The van der Waals surface area contributed by atoms with E-state index in [2.05, 4.69) is 4.72 Å². The molecular formula is C9H10N2O2S2. The van der Waals surface area contributed by atoms with Crippen molar-refractivity contribution in [1.29, 1.82) is 5.26 Å². The monoisotopic (exact) mass is 242 g/mol. The van der Waals surface area contributed by atoms with Crippen LogP contribution in [0.5, 0.6) is 0 Å². The maximum absolute atomic E-state index is 11.8. The Morgan fingerprint density at radius 1 is 1.53 bits per heavy atom. The first-order chi connectivity index (χ1) is 7.13. The molecule has 1 aliphatic rings. The van der Waals surface area contributed by atoms with Gasteiger partial charge in [-0.1, -0.05) is 6.42 Å². The summed E-state index contributed by atoms with van der Waals surface area (Å²) in [6.45, 7) is 0. The topological polar surface area (TPSA) is 70.0 Å². The average Bonchev–Trinajstić information content (AvgIpc) is 2.60. The maximum atomic E-state index is 11.8. The van der Waals surface area contributed by atoms with Crippen LogP contribution in [0.3, 0.4) is 0 Å². The fourth-order valence-corrected chi connectivity index (χ4v) is 3.96. The number of rotatable bonds is 3. The molecule has 0 aliphatic heterocycles. The van der Waals surface area contributed by atoms with Crippen molar-refractivity contribution in [3.63, 3.8) is 0 Å². The average molecular weight is 242 g/mol. The quantitative estimate of drug-likeness (QED) is 0.872. The minimum Gasteiger partial charge on any atom is -0.207 e. The van der Waals surface area contributed by atoms with Gasteiger partial charge in [0.2, 0.25) is 0 Å². The second-order valence-electron chi connectivity index (χ2n) is 3.48. The van der Waals surface area contributed by atoms with Crippen LogP contribution in [0, 0.1) is 11.3 Å². The summed E-state index contributed by atoms with van der Waals surface area (Å²) in [5.41, 5.74) is 0.229. The van der Waals surface area contributed by atoms with Gasteiger partial charge in [0.1, 0.15) is 6.07 Å². The van der Waals surface area contributed by atoms with E-state index >= 15 is 0 Å². The Labute approximate surface area is 92.6 Å². The van der Waals surface area contributed by atoms with E-state index in [-0.39, 0.29) is 15.8 Å². The molecule has 15 heavy (non-hydrogen) atoms. The van der Waals surface area contributed by atoms with Crippen LogP contribution in [0.15, 0.2) is 15.7 Å². The summed E-state index contributed by atoms with van der Waals surface area (Å²) in [5.74, 6) is 0. The summed E-state index contributed by atoms with van der Waals surface area (Å²) in [5, 5.41) is 10.4. The lowest BCUT2D eigenvalue weighted by Gasteiger charge is -2.25. The van der Waals surface area contributed by atoms with Crippen LogP contribution in [0.1, 0.15) is 24.8 Å². The van der Waals surface area contributed by atoms with E-state index in [4.69, 9.17) is 5.26 Å². The lowest BCUT2D eigenvalue weighted by molar-refractivity contribution is 0.384. The highest BCUT2D eigenvalue weighted by molar-refractivity contribution is 7.91. The van der Waals surface area contributed by atoms with Crippen molar-refractivity contribution in [2.24, 2.45) is 0 Å². The largest absolute Gasteiger partial charge is 0.251 e. The molecule has 0 unspecified atom stereocenters. The predicted molar refractivity (Wildman–Crippen MR) is 57.0 cm³/mol. The molecule has 1 aromatic heterocycles. The number of nitrogens with one attached hydrogen (secondary N) is 1. The van der Waals surface area contributed by atoms with Crippen LogP contribution in [0.2, 0.25) is 0 Å². The van der Waals surface area contributed by atoms with Gasteiger partial charge in [0.15, 0.2) is 4.21 Å². The van der Waals surface area contributed by atoms with Gasteiger partial charge in [0.05, 0.1) is 5.56 Å². The van der Waals surface area contributed by atoms with Crippen LogP contribution < -0.4 is 4.72 Å². The number of hydrogen-bond donors (Lipinski definition) is 1. The molecule has 1 aromatic rings. The SMILES string of the molecule is N#Cc1ccsc1S(=O)(=O)NC1CCC1. The molecule has 1 aliphatic carbocycles. The van der Waals surface area contributed by atoms with Crippen LogP contribution in [0.25, 0.3) is 0 Å². The summed E-state index contributed by atoms with van der Waals surface area (Å²) in [7, 11) is -3.47. The minimum atomic E-state index is -3.47. The molecule has 0 atom stereocenters. The van der Waals surface area contributed by atoms with Gasteiger partial charge in [0, 0.05) is 6.04 Å². The summed E-state index contributed by atoms with van der Waals surface area (Å²) in [6, 6.07) is 3.47. The standard InChI is InChI=1S/C9H10N2O2S2/c10-6-7-4-5-14-9(7)15(12,13)11-8-2-1-3-8/h4-5,8,11H,1-3H2. The van der Waals surface area contributed by atoms with E-state index in [1.807, 2.05) is 6.07 Å². The summed E-state index contributed by atoms with van der Waals surface area (Å²) < 4.78 is 26.4. The molecule has 0 radical (unpaired) electrons. The molecule has 1 saturated carbocycles. The highest BCUT2D eigenvalue weighted by Crippen LogP contribution is 2.25. The molecule has 0 bridgehead atoms. The molecule has 0 saturated heterocycles. The third-order valence-electron chi connectivity index (χ3n) is 2.42. The zero-order valence-electron chi connectivity index (χ0n) is 7.93. The van der Waals surface area contributed by atoms with E-state index in [1.54, 1.807) is 5.38 Å². The van der Waals surface area contributed by atoms with Crippen molar-refractivity contribution in [3.05, 3.63) is 17.0 Å². The zero-order chi connectivity index (χ0) is 10.9. The van der Waals surface area contributed by atoms with Gasteiger partial charge in [0.25, 0.3) is 10.0 Å². The van der Waals surface area contributed by atoms with Gasteiger partial charge < -0.3 is 0 Å². The lowest BCUT2D eigenvalue weighted by Crippen LogP contribution is -2.39. The van der Waals surface area contributed by atoms with Gasteiger partial charge >= 0.3 is 0 Å². The van der Waals surface area contributed by atoms with Crippen LogP contribution in [-0.2, 0) is 10.0 Å². The number of nitrogens with zero attached hydrogens (tertiary/aromatic N) is 1. The van der Waals surface area contributed by atoms with Gasteiger partial charge in [-0.15, -0.1) is 11.3 Å². The maximum Gasteiger partial charge on any atom is 0.251 e. The van der Waals surface area contributed by atoms with E-state index in [0.717, 1.165) is 30.6 Å². The molecule has 0 amide bonds. The molecular weight excluding hydrogens is 232 g/mol. The van der Waals surface area contributed by atoms with Crippen LogP contribution >= 0.6 is 11.3 Å². The predicted octanol–water partition coefficient (Wildman–Crippen LogP) is 1.45. The van der Waals surface area contributed by atoms with Crippen molar-refractivity contribution in [1.82, 2.24) is 4.72 Å². The normalized spacial score (nSPS) is 17.0. The van der Waals surface area contributed by atoms with Crippen LogP contribution in [0.4, 0.5) is 0 Å². The fourth-order valence-electron chi connectivity index (χ4n) is 1.39. The second-order valence-corrected chi connectivity index (χ2v) is 6.31. The fraction of sp³-hybridized carbons (Fsp3) is 0.444. The zero-order valence-corrected chi connectivity index (χ0v) is 9.57. The molecule has 0 spiro atoms. The minimum absolute atomic E-state index is 0.0589. The van der Waals surface area contributed by atoms with E-state index in [1.165, 1.54) is 6.07 Å². The number of hydrogen-bond acceptors (Lipinski definition) is 4. The van der Waals surface area contributed by atoms with Gasteiger partial charge in [-0.2, -0.15) is 5.26 Å². The van der Waals surface area contributed by atoms with Gasteiger partial charge in [-0.05, 0) is 24.3 Å². The Morgan fingerprint density at radius 2 is 2.27 bits per heavy atom. The van der Waals surface area contributed by atoms with Crippen molar-refractivity contribution < 1.29 is 8.42 Å². The third kappa shape index (κ3) is 2.04. The van der Waals surface area contributed by atoms with Crippen LogP contribution in [-0.4, -0.2) is 14.5 Å². The van der Waals surface area contributed by atoms with Gasteiger partial charge in [-0.3, -0.25) is 0 Å². The van der Waals surface area contributed by atoms with Gasteiger partial charge in [-0.25, -0.2) is 13.1 Å². The van der Waals surface area contributed by atoms with Crippen molar-refractivity contribution in [3.8, 4) is 6.07 Å².